The van der Waals surface area contributed by atoms with Crippen molar-refractivity contribution in [3.05, 3.63) is 47.5 Å². The highest BCUT2D eigenvalue weighted by Crippen LogP contribution is 2.31. The van der Waals surface area contributed by atoms with Crippen LogP contribution in [0.3, 0.4) is 0 Å². The summed E-state index contributed by atoms with van der Waals surface area (Å²) in [4.78, 5) is 134. The third kappa shape index (κ3) is 14.9. The van der Waals surface area contributed by atoms with E-state index < -0.39 is 123 Å². The van der Waals surface area contributed by atoms with E-state index in [0.717, 1.165) is 22.6 Å². The quantitative estimate of drug-likeness (QED) is 0.0457. The number of aliphatic hydroxyl groups is 1. The third-order valence-corrected chi connectivity index (χ3v) is 9.82. The molecule has 338 valence electrons. The predicted octanol–water partition coefficient (Wildman–Crippen LogP) is -1.69. The molecule has 62 heavy (non-hydrogen) atoms. The lowest BCUT2D eigenvalue weighted by Crippen LogP contribution is -2.53. The number of carboxylic acid groups (broad SMARTS) is 3. The molecule has 0 spiro atoms. The second kappa shape index (κ2) is 23.7. The molecule has 1 heterocycles. The fraction of sp³-hybridized carbons (Fsp3) is 0.487. The Morgan fingerprint density at radius 2 is 1.26 bits per heavy atom. The molecule has 1 fully saturated rings. The van der Waals surface area contributed by atoms with Gasteiger partial charge in [-0.3, -0.25) is 38.4 Å². The van der Waals surface area contributed by atoms with Gasteiger partial charge in [-0.25, -0.2) is 4.79 Å². The van der Waals surface area contributed by atoms with E-state index in [4.69, 9.17) is 4.84 Å². The van der Waals surface area contributed by atoms with Crippen molar-refractivity contribution < 1.29 is 83.4 Å². The van der Waals surface area contributed by atoms with E-state index in [-0.39, 0.29) is 57.4 Å². The zero-order valence-corrected chi connectivity index (χ0v) is 33.8. The summed E-state index contributed by atoms with van der Waals surface area (Å²) in [6.45, 7) is -5.52. The lowest BCUT2D eigenvalue weighted by atomic mass is 9.81. The highest BCUT2D eigenvalue weighted by molar-refractivity contribution is 5.95. The molecule has 1 saturated carbocycles. The number of hydrogen-bond acceptors (Lipinski definition) is 14. The topological polar surface area (TPSA) is 331 Å². The second-order valence-electron chi connectivity index (χ2n) is 14.5. The number of carbonyl (C=O) groups is 10. The number of aliphatic carboxylic acids is 3. The number of carbonyl (C=O) groups excluding carboxylic acids is 7. The fourth-order valence-electron chi connectivity index (χ4n) is 6.63. The van der Waals surface area contributed by atoms with E-state index in [1.165, 1.54) is 0 Å². The number of aromatic nitrogens is 1. The molecule has 1 aliphatic carbocycles. The van der Waals surface area contributed by atoms with Gasteiger partial charge in [0, 0.05) is 36.7 Å². The van der Waals surface area contributed by atoms with Crippen LogP contribution in [-0.4, -0.2) is 180 Å². The number of hydrogen-bond donors (Lipinski definition) is 7. The normalized spacial score (nSPS) is 15.0. The van der Waals surface area contributed by atoms with Gasteiger partial charge in [-0.05, 0) is 57.6 Å². The third-order valence-electron chi connectivity index (χ3n) is 9.82. The van der Waals surface area contributed by atoms with Gasteiger partial charge in [0.05, 0.1) is 12.5 Å². The lowest BCUT2D eigenvalue weighted by molar-refractivity contribution is -0.155. The summed E-state index contributed by atoms with van der Waals surface area (Å²) < 4.78 is 0.502. The molecular formula is C39H50N6O17. The SMILES string of the molecule is Cc1cccc(C(=O)NCCCCN(C(=O)CN(CC(=O)O)C(=O)CN(CC(=O)O)C(=O)CN(CC(=O)O)C(=O)C2CCC(C(=O)On3c(O)ccc3O)CC2)C(C=O)CO)c1. The average Bonchev–Trinajstić information content (AvgIpc) is 3.53. The van der Waals surface area contributed by atoms with E-state index >= 15 is 0 Å². The molecule has 1 aliphatic rings. The van der Waals surface area contributed by atoms with Crippen molar-refractivity contribution in [1.82, 2.24) is 29.6 Å². The van der Waals surface area contributed by atoms with Crippen molar-refractivity contribution in [2.75, 3.05) is 59.0 Å². The molecule has 1 unspecified atom stereocenters. The smallest absolute Gasteiger partial charge is 0.336 e. The molecule has 7 N–H and O–H groups in total. The predicted molar refractivity (Wildman–Crippen MR) is 209 cm³/mol. The summed E-state index contributed by atoms with van der Waals surface area (Å²) in [6.07, 6.45) is 0.897. The van der Waals surface area contributed by atoms with Crippen molar-refractivity contribution >= 4 is 59.7 Å². The van der Waals surface area contributed by atoms with E-state index in [1.807, 2.05) is 13.0 Å². The van der Waals surface area contributed by atoms with Crippen LogP contribution in [0, 0.1) is 18.8 Å². The summed E-state index contributed by atoms with van der Waals surface area (Å²) in [7, 11) is 0. The molecule has 23 heteroatoms. The molecule has 1 atom stereocenters. The maximum Gasteiger partial charge on any atom is 0.336 e. The Bertz CT molecular complexity index is 1960. The first kappa shape index (κ1) is 49.3. The van der Waals surface area contributed by atoms with Gasteiger partial charge in [0.15, 0.2) is 0 Å². The number of nitrogens with one attached hydrogen (secondary N) is 1. The van der Waals surface area contributed by atoms with Gasteiger partial charge in [0.2, 0.25) is 35.4 Å². The molecule has 23 nitrogen and oxygen atoms in total. The van der Waals surface area contributed by atoms with Crippen LogP contribution < -0.4 is 10.2 Å². The minimum atomic E-state index is -1.65. The summed E-state index contributed by atoms with van der Waals surface area (Å²) in [5.74, 6) is -13.1. The molecule has 3 rings (SSSR count). The minimum absolute atomic E-state index is 0.0187. The van der Waals surface area contributed by atoms with E-state index in [2.05, 4.69) is 5.32 Å². The zero-order valence-electron chi connectivity index (χ0n) is 33.8. The van der Waals surface area contributed by atoms with Crippen LogP contribution >= 0.6 is 0 Å². The largest absolute Gasteiger partial charge is 0.492 e. The molecule has 0 radical (unpaired) electrons. The Morgan fingerprint density at radius 1 is 0.742 bits per heavy atom. The maximum absolute atomic E-state index is 13.5. The number of amides is 5. The van der Waals surface area contributed by atoms with Crippen LogP contribution in [0.4, 0.5) is 0 Å². The van der Waals surface area contributed by atoms with Crippen LogP contribution in [0.15, 0.2) is 36.4 Å². The van der Waals surface area contributed by atoms with Gasteiger partial charge in [-0.2, -0.15) is 0 Å². The number of rotatable bonds is 24. The van der Waals surface area contributed by atoms with Gasteiger partial charge in [0.25, 0.3) is 5.91 Å². The van der Waals surface area contributed by atoms with Crippen LogP contribution in [0.25, 0.3) is 0 Å². The van der Waals surface area contributed by atoms with E-state index in [0.29, 0.717) is 31.4 Å². The number of unbranched alkanes of at least 4 members (excludes halogenated alkanes) is 1. The molecule has 1 aromatic carbocycles. The van der Waals surface area contributed by atoms with Crippen molar-refractivity contribution in [3.63, 3.8) is 0 Å². The molecule has 1 aromatic heterocycles. The molecule has 0 aliphatic heterocycles. The highest BCUT2D eigenvalue weighted by atomic mass is 16.7. The first-order valence-electron chi connectivity index (χ1n) is 19.4. The number of carboxylic acids is 3. The number of nitrogens with zero attached hydrogens (tertiary/aromatic N) is 5. The number of benzene rings is 1. The summed E-state index contributed by atoms with van der Waals surface area (Å²) in [5, 5.41) is 60.7. The average molecular weight is 875 g/mol. The molecular weight excluding hydrogens is 824 g/mol. The number of aromatic hydroxyl groups is 2. The van der Waals surface area contributed by atoms with Gasteiger partial charge in [0.1, 0.15) is 51.6 Å². The van der Waals surface area contributed by atoms with Gasteiger partial charge >= 0.3 is 23.9 Å². The van der Waals surface area contributed by atoms with Crippen molar-refractivity contribution in [2.45, 2.75) is 51.5 Å². The Balaban J connectivity index is 1.67. The number of aliphatic hydroxyl groups excluding tert-OH is 1. The van der Waals surface area contributed by atoms with Crippen LogP contribution in [0.1, 0.15) is 54.4 Å². The van der Waals surface area contributed by atoms with E-state index in [1.54, 1.807) is 18.2 Å². The first-order valence-corrected chi connectivity index (χ1v) is 19.4. The van der Waals surface area contributed by atoms with Crippen LogP contribution in [-0.2, 0) is 43.2 Å². The standard InChI is InChI=1S/C39H50N6O17/c1-24-5-4-6-27(15-24)37(59)40-13-2-3-14-44(28(22-46)23-47)33(52)18-42(20-35(55)56)31(50)16-41(19-34(53)54)32(51)17-43(21-36(57)58)38(60)25-7-9-26(10-8-25)39(61)62-45-29(48)11-12-30(45)49/h4-6,11-12,15,22,25-26,28,47-49H,2-3,7-10,13-14,16-21,23H2,1H3,(H,40,59)(H,53,54)(H,55,56)(H,57,58). The number of aryl methyl sites for hydroxylation is 1. The minimum Gasteiger partial charge on any atom is -0.492 e. The first-order chi connectivity index (χ1) is 29.3. The van der Waals surface area contributed by atoms with Crippen molar-refractivity contribution in [2.24, 2.45) is 11.8 Å². The summed E-state index contributed by atoms with van der Waals surface area (Å²) >= 11 is 0. The van der Waals surface area contributed by atoms with E-state index in [9.17, 15) is 78.6 Å². The summed E-state index contributed by atoms with van der Waals surface area (Å²) in [6, 6.07) is 7.61. The highest BCUT2D eigenvalue weighted by Gasteiger charge is 2.36. The van der Waals surface area contributed by atoms with Crippen molar-refractivity contribution in [3.8, 4) is 11.8 Å². The van der Waals surface area contributed by atoms with Crippen LogP contribution in [0.2, 0.25) is 0 Å². The fourth-order valence-corrected chi connectivity index (χ4v) is 6.63. The summed E-state index contributed by atoms with van der Waals surface area (Å²) in [5.41, 5.74) is 1.30. The van der Waals surface area contributed by atoms with Crippen molar-refractivity contribution in [1.29, 1.82) is 0 Å². The van der Waals surface area contributed by atoms with Crippen LogP contribution in [0.5, 0.6) is 11.8 Å². The molecule has 5 amide bonds. The molecule has 2 aromatic rings. The van der Waals surface area contributed by atoms with Gasteiger partial charge in [-0.1, -0.05) is 17.7 Å². The Kier molecular flexibility index (Phi) is 18.8. The Morgan fingerprint density at radius 3 is 1.77 bits per heavy atom. The van der Waals surface area contributed by atoms with Gasteiger partial charge in [-0.15, -0.1) is 4.73 Å². The van der Waals surface area contributed by atoms with Gasteiger partial charge < -0.3 is 65.2 Å². The Labute approximate surface area is 354 Å². The maximum atomic E-state index is 13.5. The zero-order chi connectivity index (χ0) is 46.1. The molecule has 0 saturated heterocycles. The Hall–Kier alpha value is -7.04. The monoisotopic (exact) mass is 874 g/mol. The lowest BCUT2D eigenvalue weighted by Gasteiger charge is -2.32. The molecule has 0 bridgehead atoms. The number of aldehydes is 1. The second-order valence-corrected chi connectivity index (χ2v) is 14.5.